The highest BCUT2D eigenvalue weighted by atomic mass is 32.2. The van der Waals surface area contributed by atoms with E-state index in [1.807, 2.05) is 0 Å². The summed E-state index contributed by atoms with van der Waals surface area (Å²) in [6, 6.07) is 0.379. The zero-order chi connectivity index (χ0) is 8.97. The van der Waals surface area contributed by atoms with Crippen LogP contribution < -0.4 is 15.6 Å². The van der Waals surface area contributed by atoms with E-state index in [2.05, 4.69) is 4.72 Å². The molecule has 1 atom stereocenters. The Morgan fingerprint density at radius 3 is 2.42 bits per heavy atom. The Hall–Kier alpha value is 0.0300. The quantitative estimate of drug-likeness (QED) is 0.569. The Labute approximate surface area is 75.8 Å². The average molecular weight is 191 g/mol. The van der Waals surface area contributed by atoms with E-state index in [1.165, 1.54) is 0 Å². The molecule has 0 aromatic rings. The van der Waals surface area contributed by atoms with Crippen LogP contribution in [0.4, 0.5) is 0 Å². The minimum atomic E-state index is -1.36. The monoisotopic (exact) mass is 191 g/mol. The molecule has 1 fully saturated rings. The van der Waals surface area contributed by atoms with Crippen molar-refractivity contribution in [3.63, 3.8) is 0 Å². The van der Waals surface area contributed by atoms with E-state index in [0.717, 1.165) is 32.2 Å². The van der Waals surface area contributed by atoms with Crippen LogP contribution in [0.2, 0.25) is 0 Å². The molecule has 1 rings (SSSR count). The SMILES string of the molecule is NC1CCC(CNS(N)=O)CC1. The van der Waals surface area contributed by atoms with Gasteiger partial charge in [-0.1, -0.05) is 0 Å². The Bertz CT molecular complexity index is 157. The maximum absolute atomic E-state index is 10.5. The molecule has 0 aromatic carbocycles. The lowest BCUT2D eigenvalue weighted by Crippen LogP contribution is -2.34. The van der Waals surface area contributed by atoms with E-state index in [9.17, 15) is 4.21 Å². The van der Waals surface area contributed by atoms with Crippen molar-refractivity contribution in [3.8, 4) is 0 Å². The number of nitrogens with two attached hydrogens (primary N) is 2. The normalized spacial score (nSPS) is 33.2. The molecule has 1 unspecified atom stereocenters. The first kappa shape index (κ1) is 10.1. The van der Waals surface area contributed by atoms with Gasteiger partial charge in [0.05, 0.1) is 0 Å². The fourth-order valence-corrected chi connectivity index (χ4v) is 1.99. The Balaban J connectivity index is 2.13. The van der Waals surface area contributed by atoms with E-state index < -0.39 is 11.2 Å². The second-order valence-electron chi connectivity index (χ2n) is 3.43. The highest BCUT2D eigenvalue weighted by molar-refractivity contribution is 7.80. The van der Waals surface area contributed by atoms with Crippen molar-refractivity contribution in [2.75, 3.05) is 6.54 Å². The fourth-order valence-electron chi connectivity index (χ4n) is 1.59. The summed E-state index contributed by atoms with van der Waals surface area (Å²) in [6.07, 6.45) is 4.43. The van der Waals surface area contributed by atoms with Crippen molar-refractivity contribution in [1.82, 2.24) is 4.72 Å². The van der Waals surface area contributed by atoms with Gasteiger partial charge in [0, 0.05) is 12.6 Å². The van der Waals surface area contributed by atoms with Crippen LogP contribution in [0.3, 0.4) is 0 Å². The summed E-state index contributed by atoms with van der Waals surface area (Å²) in [7, 11) is 0. The van der Waals surface area contributed by atoms with E-state index in [4.69, 9.17) is 10.9 Å². The molecule has 12 heavy (non-hydrogen) atoms. The summed E-state index contributed by atoms with van der Waals surface area (Å²) in [6.45, 7) is 0.760. The fraction of sp³-hybridized carbons (Fsp3) is 1.00. The molecule has 0 saturated heterocycles. The molecule has 0 heterocycles. The molecule has 0 radical (unpaired) electrons. The van der Waals surface area contributed by atoms with Gasteiger partial charge in [-0.3, -0.25) is 0 Å². The smallest absolute Gasteiger partial charge is 0.164 e. The molecule has 0 aliphatic heterocycles. The molecule has 72 valence electrons. The van der Waals surface area contributed by atoms with Crippen LogP contribution in [0.25, 0.3) is 0 Å². The third kappa shape index (κ3) is 3.62. The predicted octanol–water partition coefficient (Wildman–Crippen LogP) is -0.369. The summed E-state index contributed by atoms with van der Waals surface area (Å²) < 4.78 is 13.2. The maximum atomic E-state index is 10.5. The van der Waals surface area contributed by atoms with Gasteiger partial charge < -0.3 is 5.73 Å². The standard InChI is InChI=1S/C7H17N3OS/c8-7-3-1-6(2-4-7)5-10-12(9)11/h6-7,10H,1-5,8-9H2. The Morgan fingerprint density at radius 2 is 1.92 bits per heavy atom. The van der Waals surface area contributed by atoms with Gasteiger partial charge in [0.25, 0.3) is 0 Å². The van der Waals surface area contributed by atoms with Gasteiger partial charge in [-0.25, -0.2) is 14.1 Å². The van der Waals surface area contributed by atoms with Crippen LogP contribution in [-0.2, 0) is 11.2 Å². The topological polar surface area (TPSA) is 81.1 Å². The van der Waals surface area contributed by atoms with Gasteiger partial charge in [0.1, 0.15) is 0 Å². The van der Waals surface area contributed by atoms with Gasteiger partial charge >= 0.3 is 0 Å². The van der Waals surface area contributed by atoms with Crippen molar-refractivity contribution in [2.45, 2.75) is 31.7 Å². The van der Waals surface area contributed by atoms with Crippen LogP contribution in [0.15, 0.2) is 0 Å². The molecule has 5 N–H and O–H groups in total. The molecule has 1 aliphatic carbocycles. The van der Waals surface area contributed by atoms with Gasteiger partial charge in [0.15, 0.2) is 11.2 Å². The molecule has 0 aromatic heterocycles. The van der Waals surface area contributed by atoms with E-state index in [0.29, 0.717) is 12.0 Å². The van der Waals surface area contributed by atoms with Gasteiger partial charge in [-0.15, -0.1) is 0 Å². The minimum absolute atomic E-state index is 0.379. The second kappa shape index (κ2) is 4.91. The van der Waals surface area contributed by atoms with Gasteiger partial charge in [-0.05, 0) is 31.6 Å². The molecule has 0 bridgehead atoms. The van der Waals surface area contributed by atoms with Crippen molar-refractivity contribution in [1.29, 1.82) is 0 Å². The van der Waals surface area contributed by atoms with E-state index >= 15 is 0 Å². The molecular formula is C7H17N3OS. The zero-order valence-electron chi connectivity index (χ0n) is 7.16. The zero-order valence-corrected chi connectivity index (χ0v) is 7.98. The van der Waals surface area contributed by atoms with E-state index in [-0.39, 0.29) is 0 Å². The predicted molar refractivity (Wildman–Crippen MR) is 50.3 cm³/mol. The Kier molecular flexibility index (Phi) is 4.14. The van der Waals surface area contributed by atoms with E-state index in [1.54, 1.807) is 0 Å². The lowest BCUT2D eigenvalue weighted by molar-refractivity contribution is 0.327. The molecule has 5 heteroatoms. The van der Waals surface area contributed by atoms with Crippen molar-refractivity contribution in [3.05, 3.63) is 0 Å². The average Bonchev–Trinajstić information content (AvgIpc) is 2.03. The highest BCUT2D eigenvalue weighted by Gasteiger charge is 2.18. The largest absolute Gasteiger partial charge is 0.328 e. The summed E-state index contributed by atoms with van der Waals surface area (Å²) in [5.74, 6) is 0.609. The summed E-state index contributed by atoms with van der Waals surface area (Å²) in [5, 5.41) is 5.07. The summed E-state index contributed by atoms with van der Waals surface area (Å²) in [5.41, 5.74) is 5.75. The lowest BCUT2D eigenvalue weighted by Gasteiger charge is -2.25. The van der Waals surface area contributed by atoms with Crippen molar-refractivity contribution < 1.29 is 4.21 Å². The first-order valence-corrected chi connectivity index (χ1v) is 5.55. The Morgan fingerprint density at radius 1 is 1.33 bits per heavy atom. The third-order valence-electron chi connectivity index (χ3n) is 2.41. The lowest BCUT2D eigenvalue weighted by atomic mass is 9.87. The van der Waals surface area contributed by atoms with Crippen LogP contribution in [0, 0.1) is 5.92 Å². The van der Waals surface area contributed by atoms with Crippen LogP contribution in [-0.4, -0.2) is 16.8 Å². The first-order valence-electron chi connectivity index (χ1n) is 4.33. The third-order valence-corrected chi connectivity index (χ3v) is 2.86. The number of nitrogens with one attached hydrogen (secondary N) is 1. The minimum Gasteiger partial charge on any atom is -0.328 e. The van der Waals surface area contributed by atoms with Crippen LogP contribution >= 0.6 is 0 Å². The van der Waals surface area contributed by atoms with Crippen molar-refractivity contribution >= 4 is 11.2 Å². The molecular weight excluding hydrogens is 174 g/mol. The number of hydrogen-bond acceptors (Lipinski definition) is 2. The summed E-state index contributed by atoms with van der Waals surface area (Å²) >= 11 is -1.36. The molecule has 1 aliphatic rings. The highest BCUT2D eigenvalue weighted by Crippen LogP contribution is 2.22. The molecule has 4 nitrogen and oxygen atoms in total. The van der Waals surface area contributed by atoms with Gasteiger partial charge in [0.2, 0.25) is 0 Å². The number of hydrogen-bond donors (Lipinski definition) is 3. The van der Waals surface area contributed by atoms with Crippen LogP contribution in [0.5, 0.6) is 0 Å². The van der Waals surface area contributed by atoms with Crippen molar-refractivity contribution in [2.24, 2.45) is 16.8 Å². The second-order valence-corrected chi connectivity index (χ2v) is 4.31. The first-order chi connectivity index (χ1) is 5.68. The number of rotatable bonds is 3. The molecule has 0 amide bonds. The molecule has 0 spiro atoms. The van der Waals surface area contributed by atoms with Crippen LogP contribution in [0.1, 0.15) is 25.7 Å². The summed E-state index contributed by atoms with van der Waals surface area (Å²) in [4.78, 5) is 0. The molecule has 1 saturated carbocycles. The maximum Gasteiger partial charge on any atom is 0.164 e. The van der Waals surface area contributed by atoms with Gasteiger partial charge in [-0.2, -0.15) is 0 Å².